The van der Waals surface area contributed by atoms with Gasteiger partial charge in [0.1, 0.15) is 5.52 Å². The lowest BCUT2D eigenvalue weighted by Crippen LogP contribution is -2.00. The van der Waals surface area contributed by atoms with Crippen LogP contribution in [0.1, 0.15) is 13.8 Å². The van der Waals surface area contributed by atoms with E-state index in [9.17, 15) is 0 Å². The first-order valence-corrected chi connectivity index (χ1v) is 6.57. The molecule has 0 spiro atoms. The number of rotatable bonds is 4. The number of hydrogen-bond acceptors (Lipinski definition) is 6. The Balaban J connectivity index is 2.28. The Labute approximate surface area is 115 Å². The molecule has 3 aromatic rings. The van der Waals surface area contributed by atoms with E-state index in [0.717, 1.165) is 29.8 Å². The molecular weight excluding hydrogens is 256 g/mol. The van der Waals surface area contributed by atoms with E-state index < -0.39 is 0 Å². The molecule has 0 aliphatic rings. The predicted molar refractivity (Wildman–Crippen MR) is 77.3 cm³/mol. The molecule has 0 saturated carbocycles. The van der Waals surface area contributed by atoms with Crippen molar-refractivity contribution in [1.82, 2.24) is 19.9 Å². The molecule has 0 atom stereocenters. The lowest BCUT2D eigenvalue weighted by molar-refractivity contribution is 0.310. The maximum atomic E-state index is 5.78. The molecule has 0 saturated heterocycles. The van der Waals surface area contributed by atoms with E-state index in [1.54, 1.807) is 0 Å². The molecule has 20 heavy (non-hydrogen) atoms. The number of nitrogens with two attached hydrogens (primary N) is 1. The third kappa shape index (κ3) is 1.78. The van der Waals surface area contributed by atoms with Crippen molar-refractivity contribution in [3.8, 4) is 11.5 Å². The molecular formula is C13H16N6O. The van der Waals surface area contributed by atoms with Gasteiger partial charge in [-0.3, -0.25) is 0 Å². The number of nitrogen functional groups attached to an aromatic ring is 1. The molecule has 0 radical (unpaired) electrons. The highest BCUT2D eigenvalue weighted by Gasteiger charge is 2.19. The summed E-state index contributed by atoms with van der Waals surface area (Å²) >= 11 is 0. The van der Waals surface area contributed by atoms with Crippen molar-refractivity contribution < 1.29 is 4.63 Å². The first-order valence-electron chi connectivity index (χ1n) is 6.57. The fourth-order valence-corrected chi connectivity index (χ4v) is 2.33. The molecule has 1 aromatic carbocycles. The van der Waals surface area contributed by atoms with Gasteiger partial charge in [-0.1, -0.05) is 6.07 Å². The number of imidazole rings is 1. The Morgan fingerprint density at radius 2 is 2.15 bits per heavy atom. The summed E-state index contributed by atoms with van der Waals surface area (Å²) < 4.78 is 6.73. The average molecular weight is 272 g/mol. The second kappa shape index (κ2) is 4.84. The molecule has 104 valence electrons. The Hall–Kier alpha value is -2.57. The van der Waals surface area contributed by atoms with Crippen molar-refractivity contribution in [2.45, 2.75) is 20.4 Å². The molecule has 3 N–H and O–H groups in total. The maximum absolute atomic E-state index is 5.78. The average Bonchev–Trinajstić information content (AvgIpc) is 3.02. The van der Waals surface area contributed by atoms with E-state index >= 15 is 0 Å². The summed E-state index contributed by atoms with van der Waals surface area (Å²) in [5.41, 5.74) is 9.18. The van der Waals surface area contributed by atoms with E-state index in [1.807, 2.05) is 29.7 Å². The third-order valence-corrected chi connectivity index (χ3v) is 3.19. The highest BCUT2D eigenvalue weighted by atomic mass is 16.6. The van der Waals surface area contributed by atoms with Gasteiger partial charge in [0, 0.05) is 13.1 Å². The summed E-state index contributed by atoms with van der Waals surface area (Å²) in [4.78, 5) is 4.66. The van der Waals surface area contributed by atoms with Gasteiger partial charge in [-0.15, -0.1) is 0 Å². The van der Waals surface area contributed by atoms with Gasteiger partial charge < -0.3 is 15.6 Å². The molecule has 2 heterocycles. The molecule has 2 aromatic heterocycles. The summed E-state index contributed by atoms with van der Waals surface area (Å²) in [6.45, 7) is 5.69. The standard InChI is InChI=1S/C13H16N6O/c1-3-15-8-6-5-7-9-10(8)16-13(19(9)4-2)11-12(14)18-20-17-11/h5-7,15H,3-4H2,1-2H3,(H2,14,18). The molecule has 3 rings (SSSR count). The smallest absolute Gasteiger partial charge is 0.199 e. The molecule has 0 aliphatic heterocycles. The summed E-state index contributed by atoms with van der Waals surface area (Å²) in [7, 11) is 0. The lowest BCUT2D eigenvalue weighted by atomic mass is 10.2. The van der Waals surface area contributed by atoms with Gasteiger partial charge in [0.15, 0.2) is 17.3 Å². The van der Waals surface area contributed by atoms with Gasteiger partial charge in [0.25, 0.3) is 0 Å². The number of para-hydroxylation sites is 1. The van der Waals surface area contributed by atoms with Crippen molar-refractivity contribution in [2.24, 2.45) is 0 Å². The Morgan fingerprint density at radius 3 is 2.80 bits per heavy atom. The van der Waals surface area contributed by atoms with Crippen LogP contribution in [0.25, 0.3) is 22.6 Å². The van der Waals surface area contributed by atoms with Crippen LogP contribution in [-0.4, -0.2) is 26.4 Å². The molecule has 7 nitrogen and oxygen atoms in total. The minimum absolute atomic E-state index is 0.250. The van der Waals surface area contributed by atoms with Gasteiger partial charge in [0.05, 0.1) is 11.2 Å². The van der Waals surface area contributed by atoms with E-state index in [-0.39, 0.29) is 5.82 Å². The second-order valence-electron chi connectivity index (χ2n) is 4.38. The molecule has 0 amide bonds. The fourth-order valence-electron chi connectivity index (χ4n) is 2.33. The van der Waals surface area contributed by atoms with Crippen LogP contribution in [0.4, 0.5) is 11.5 Å². The first-order chi connectivity index (χ1) is 9.76. The minimum atomic E-state index is 0.250. The first kappa shape index (κ1) is 12.5. The fraction of sp³-hybridized carbons (Fsp3) is 0.308. The Morgan fingerprint density at radius 1 is 1.30 bits per heavy atom. The number of nitrogens with one attached hydrogen (secondary N) is 1. The zero-order valence-electron chi connectivity index (χ0n) is 11.4. The Kier molecular flexibility index (Phi) is 3.02. The van der Waals surface area contributed by atoms with Gasteiger partial charge in [-0.05, 0) is 36.3 Å². The number of fused-ring (bicyclic) bond motifs is 1. The molecule has 0 aliphatic carbocycles. The van der Waals surface area contributed by atoms with Gasteiger partial charge in [-0.2, -0.15) is 0 Å². The maximum Gasteiger partial charge on any atom is 0.199 e. The lowest BCUT2D eigenvalue weighted by Gasteiger charge is -2.05. The van der Waals surface area contributed by atoms with Gasteiger partial charge in [-0.25, -0.2) is 9.61 Å². The SMILES string of the molecule is CCNc1cccc2c1nc(-c1nonc1N)n2CC. The molecule has 0 bridgehead atoms. The van der Waals surface area contributed by atoms with E-state index in [2.05, 4.69) is 32.2 Å². The Bertz CT molecular complexity index is 744. The summed E-state index contributed by atoms with van der Waals surface area (Å²) in [6.07, 6.45) is 0. The van der Waals surface area contributed by atoms with Crippen molar-refractivity contribution in [3.05, 3.63) is 18.2 Å². The van der Waals surface area contributed by atoms with Gasteiger partial charge >= 0.3 is 0 Å². The summed E-state index contributed by atoms with van der Waals surface area (Å²) in [5, 5.41) is 10.8. The molecule has 7 heteroatoms. The van der Waals surface area contributed by atoms with Crippen LogP contribution < -0.4 is 11.1 Å². The summed E-state index contributed by atoms with van der Waals surface area (Å²) in [5.74, 6) is 0.923. The van der Waals surface area contributed by atoms with Crippen molar-refractivity contribution in [1.29, 1.82) is 0 Å². The predicted octanol–water partition coefficient (Wildman–Crippen LogP) is 2.12. The number of benzene rings is 1. The zero-order chi connectivity index (χ0) is 14.1. The van der Waals surface area contributed by atoms with Gasteiger partial charge in [0.2, 0.25) is 0 Å². The summed E-state index contributed by atoms with van der Waals surface area (Å²) in [6, 6.07) is 6.04. The van der Waals surface area contributed by atoms with Crippen LogP contribution in [0.3, 0.4) is 0 Å². The number of nitrogens with zero attached hydrogens (tertiary/aromatic N) is 4. The monoisotopic (exact) mass is 272 g/mol. The number of anilines is 2. The van der Waals surface area contributed by atoms with Crippen LogP contribution >= 0.6 is 0 Å². The van der Waals surface area contributed by atoms with Crippen LogP contribution in [0, 0.1) is 0 Å². The van der Waals surface area contributed by atoms with E-state index in [1.165, 1.54) is 0 Å². The molecule has 0 fully saturated rings. The number of hydrogen-bond donors (Lipinski definition) is 2. The quantitative estimate of drug-likeness (QED) is 0.755. The normalized spacial score (nSPS) is 11.1. The van der Waals surface area contributed by atoms with Crippen molar-refractivity contribution >= 4 is 22.5 Å². The van der Waals surface area contributed by atoms with Crippen molar-refractivity contribution in [2.75, 3.05) is 17.6 Å². The van der Waals surface area contributed by atoms with Crippen molar-refractivity contribution in [3.63, 3.8) is 0 Å². The van der Waals surface area contributed by atoms with Crippen LogP contribution in [-0.2, 0) is 6.54 Å². The van der Waals surface area contributed by atoms with Crippen LogP contribution in [0.2, 0.25) is 0 Å². The highest BCUT2D eigenvalue weighted by Crippen LogP contribution is 2.30. The van der Waals surface area contributed by atoms with Crippen LogP contribution in [0.5, 0.6) is 0 Å². The number of aromatic nitrogens is 4. The highest BCUT2D eigenvalue weighted by molar-refractivity contribution is 5.91. The van der Waals surface area contributed by atoms with Crippen LogP contribution in [0.15, 0.2) is 22.8 Å². The topological polar surface area (TPSA) is 94.8 Å². The second-order valence-corrected chi connectivity index (χ2v) is 4.38. The largest absolute Gasteiger partial charge is 0.384 e. The van der Waals surface area contributed by atoms with E-state index in [4.69, 9.17) is 5.73 Å². The van der Waals surface area contributed by atoms with E-state index in [0.29, 0.717) is 11.5 Å². The minimum Gasteiger partial charge on any atom is -0.384 e. The third-order valence-electron chi connectivity index (χ3n) is 3.19. The molecule has 0 unspecified atom stereocenters. The zero-order valence-corrected chi connectivity index (χ0v) is 11.4. The number of aryl methyl sites for hydroxylation is 1.